The minimum Gasteiger partial charge on any atom is -0.389 e. The molecule has 3 atom stereocenters. The lowest BCUT2D eigenvalue weighted by atomic mass is 10.2. The van der Waals surface area contributed by atoms with Crippen molar-refractivity contribution in [2.45, 2.75) is 16.3 Å². The Morgan fingerprint density at radius 1 is 1.60 bits per heavy atom. The van der Waals surface area contributed by atoms with Crippen molar-refractivity contribution >= 4 is 25.8 Å². The molecule has 0 aromatic carbocycles. The van der Waals surface area contributed by atoms with Gasteiger partial charge in [0, 0.05) is 6.04 Å². The van der Waals surface area contributed by atoms with Crippen molar-refractivity contribution < 1.29 is 13.5 Å². The number of aliphatic hydroxyl groups is 1. The summed E-state index contributed by atoms with van der Waals surface area (Å²) in [5.41, 5.74) is 5.29. The van der Waals surface area contributed by atoms with E-state index in [-0.39, 0.29) is 5.75 Å². The Bertz CT molecular complexity index is 227. The van der Waals surface area contributed by atoms with E-state index in [9.17, 15) is 8.42 Å². The highest BCUT2D eigenvalue weighted by Gasteiger charge is 2.42. The number of hydrogen-bond acceptors (Lipinski definition) is 4. The quantitative estimate of drug-likeness (QED) is 0.513. The first kappa shape index (κ1) is 8.45. The van der Waals surface area contributed by atoms with Gasteiger partial charge in [-0.2, -0.15) is 0 Å². The van der Waals surface area contributed by atoms with E-state index >= 15 is 0 Å². The van der Waals surface area contributed by atoms with E-state index in [1.807, 2.05) is 0 Å². The molecule has 3 N–H and O–H groups in total. The lowest BCUT2D eigenvalue weighted by molar-refractivity contribution is 0.177. The van der Waals surface area contributed by atoms with Gasteiger partial charge in [0.1, 0.15) is 4.16 Å². The maximum Gasteiger partial charge on any atom is 0.167 e. The summed E-state index contributed by atoms with van der Waals surface area (Å²) in [7, 11) is -3.18. The zero-order valence-corrected chi connectivity index (χ0v) is 7.47. The highest BCUT2D eigenvalue weighted by Crippen LogP contribution is 2.24. The number of alkyl halides is 1. The van der Waals surface area contributed by atoms with Crippen molar-refractivity contribution in [1.82, 2.24) is 0 Å². The SMILES string of the molecule is N[C@H]1CS(=O)(=O)[C@@H](Br)[C@H]1O. The molecule has 0 saturated carbocycles. The molecule has 1 fully saturated rings. The van der Waals surface area contributed by atoms with E-state index in [0.29, 0.717) is 0 Å². The largest absolute Gasteiger partial charge is 0.389 e. The summed E-state index contributed by atoms with van der Waals surface area (Å²) in [4.78, 5) is 0. The van der Waals surface area contributed by atoms with E-state index in [1.165, 1.54) is 0 Å². The summed E-state index contributed by atoms with van der Waals surface area (Å²) in [6, 6.07) is -0.644. The molecule has 0 amide bonds. The van der Waals surface area contributed by atoms with Gasteiger partial charge in [-0.1, -0.05) is 15.9 Å². The Morgan fingerprint density at radius 3 is 2.20 bits per heavy atom. The van der Waals surface area contributed by atoms with Crippen LogP contribution in [0.2, 0.25) is 0 Å². The maximum absolute atomic E-state index is 10.9. The third-order valence-electron chi connectivity index (χ3n) is 1.48. The van der Waals surface area contributed by atoms with E-state index < -0.39 is 26.1 Å². The van der Waals surface area contributed by atoms with Gasteiger partial charge in [0.25, 0.3) is 0 Å². The zero-order chi connectivity index (χ0) is 7.94. The van der Waals surface area contributed by atoms with Crippen LogP contribution in [0.25, 0.3) is 0 Å². The van der Waals surface area contributed by atoms with Gasteiger partial charge in [0.2, 0.25) is 0 Å². The second-order valence-electron chi connectivity index (χ2n) is 2.34. The number of aliphatic hydroxyl groups excluding tert-OH is 1. The fourth-order valence-corrected chi connectivity index (χ4v) is 3.26. The minimum atomic E-state index is -3.18. The Morgan fingerprint density at radius 2 is 2.10 bits per heavy atom. The first-order valence-corrected chi connectivity index (χ1v) is 5.37. The molecule has 60 valence electrons. The van der Waals surface area contributed by atoms with Crippen LogP contribution >= 0.6 is 15.9 Å². The molecule has 0 aromatic heterocycles. The predicted octanol–water partition coefficient (Wildman–Crippen LogP) is -1.18. The Kier molecular flexibility index (Phi) is 2.06. The minimum absolute atomic E-state index is 0.135. The number of rotatable bonds is 0. The number of hydrogen-bond donors (Lipinski definition) is 2. The van der Waals surface area contributed by atoms with E-state index in [1.54, 1.807) is 0 Å². The molecular formula is C4H8BrNO3S. The first-order chi connectivity index (χ1) is 4.45. The van der Waals surface area contributed by atoms with Crippen molar-refractivity contribution in [3.8, 4) is 0 Å². The smallest absolute Gasteiger partial charge is 0.167 e. The van der Waals surface area contributed by atoms with Crippen molar-refractivity contribution in [3.05, 3.63) is 0 Å². The maximum atomic E-state index is 10.9. The van der Waals surface area contributed by atoms with Crippen molar-refractivity contribution in [3.63, 3.8) is 0 Å². The molecule has 1 rings (SSSR count). The fraction of sp³-hybridized carbons (Fsp3) is 1.00. The Labute approximate surface area is 67.5 Å². The van der Waals surface area contributed by atoms with Gasteiger partial charge < -0.3 is 10.8 Å². The molecule has 4 nitrogen and oxygen atoms in total. The van der Waals surface area contributed by atoms with E-state index in [2.05, 4.69) is 15.9 Å². The highest BCUT2D eigenvalue weighted by molar-refractivity contribution is 9.11. The van der Waals surface area contributed by atoms with Crippen LogP contribution in [0, 0.1) is 0 Å². The normalized spacial score (nSPS) is 45.7. The van der Waals surface area contributed by atoms with Crippen molar-refractivity contribution in [2.24, 2.45) is 5.73 Å². The van der Waals surface area contributed by atoms with Crippen molar-refractivity contribution in [2.75, 3.05) is 5.75 Å². The Balaban J connectivity index is 2.93. The topological polar surface area (TPSA) is 80.4 Å². The van der Waals surface area contributed by atoms with E-state index in [4.69, 9.17) is 10.8 Å². The third kappa shape index (κ3) is 1.20. The van der Waals surface area contributed by atoms with Crippen LogP contribution in [0.15, 0.2) is 0 Å². The monoisotopic (exact) mass is 229 g/mol. The third-order valence-corrected chi connectivity index (χ3v) is 5.54. The second-order valence-corrected chi connectivity index (χ2v) is 6.09. The van der Waals surface area contributed by atoms with Gasteiger partial charge >= 0.3 is 0 Å². The van der Waals surface area contributed by atoms with Crippen LogP contribution in [0.4, 0.5) is 0 Å². The van der Waals surface area contributed by atoms with Gasteiger partial charge in [-0.25, -0.2) is 8.42 Å². The molecular weight excluding hydrogens is 222 g/mol. The van der Waals surface area contributed by atoms with E-state index in [0.717, 1.165) is 0 Å². The average molecular weight is 230 g/mol. The molecule has 10 heavy (non-hydrogen) atoms. The first-order valence-electron chi connectivity index (χ1n) is 2.74. The number of halogens is 1. The van der Waals surface area contributed by atoms with Gasteiger partial charge in [0.05, 0.1) is 11.9 Å². The predicted molar refractivity (Wildman–Crippen MR) is 40.5 cm³/mol. The Hall–Kier alpha value is 0.350. The van der Waals surface area contributed by atoms with Gasteiger partial charge in [-0.15, -0.1) is 0 Å². The molecule has 1 aliphatic rings. The average Bonchev–Trinajstić information content (AvgIpc) is 1.95. The molecule has 0 unspecified atom stereocenters. The summed E-state index contributed by atoms with van der Waals surface area (Å²) < 4.78 is 20.9. The van der Waals surface area contributed by atoms with Crippen LogP contribution in [0.1, 0.15) is 0 Å². The lowest BCUT2D eigenvalue weighted by Crippen LogP contribution is -2.34. The molecule has 1 aliphatic heterocycles. The standard InChI is InChI=1S/C4H8BrNO3S/c5-4-3(7)2(6)1-10(4,8)9/h2-4,7H,1,6H2/t2-,3-,4+/m0/s1. The summed E-state index contributed by atoms with van der Waals surface area (Å²) in [5, 5.41) is 9.05. The molecule has 1 saturated heterocycles. The molecule has 0 aromatic rings. The lowest BCUT2D eigenvalue weighted by Gasteiger charge is -2.07. The zero-order valence-electron chi connectivity index (χ0n) is 5.07. The molecule has 6 heteroatoms. The van der Waals surface area contributed by atoms with Crippen LogP contribution in [0.3, 0.4) is 0 Å². The van der Waals surface area contributed by atoms with Gasteiger partial charge in [-0.3, -0.25) is 0 Å². The van der Waals surface area contributed by atoms with Gasteiger partial charge in [0.15, 0.2) is 9.84 Å². The van der Waals surface area contributed by atoms with Crippen LogP contribution < -0.4 is 5.73 Å². The molecule has 1 heterocycles. The summed E-state index contributed by atoms with van der Waals surface area (Å²) in [6.45, 7) is 0. The molecule has 0 spiro atoms. The second kappa shape index (κ2) is 2.44. The van der Waals surface area contributed by atoms with Crippen molar-refractivity contribution in [1.29, 1.82) is 0 Å². The van der Waals surface area contributed by atoms with Crippen LogP contribution in [-0.4, -0.2) is 35.6 Å². The summed E-state index contributed by atoms with van der Waals surface area (Å²) in [5.74, 6) is -0.135. The summed E-state index contributed by atoms with van der Waals surface area (Å²) in [6.07, 6.45) is -0.968. The molecule has 0 radical (unpaired) electrons. The van der Waals surface area contributed by atoms with Crippen LogP contribution in [-0.2, 0) is 9.84 Å². The molecule has 0 bridgehead atoms. The number of sulfone groups is 1. The number of nitrogens with two attached hydrogens (primary N) is 1. The van der Waals surface area contributed by atoms with Crippen LogP contribution in [0.5, 0.6) is 0 Å². The summed E-state index contributed by atoms with van der Waals surface area (Å²) >= 11 is 2.85. The van der Waals surface area contributed by atoms with Gasteiger partial charge in [-0.05, 0) is 0 Å². The fourth-order valence-electron chi connectivity index (χ4n) is 0.866. The highest BCUT2D eigenvalue weighted by atomic mass is 79.9. The molecule has 0 aliphatic carbocycles.